The number of aromatic hydroxyl groups is 1. The van der Waals surface area contributed by atoms with Crippen LogP contribution >= 0.6 is 0 Å². The molecule has 4 rings (SSSR count). The highest BCUT2D eigenvalue weighted by Crippen LogP contribution is 2.56. The van der Waals surface area contributed by atoms with Crippen LogP contribution < -0.4 is 4.74 Å². The largest absolute Gasteiger partial charge is 0.504 e. The van der Waals surface area contributed by atoms with Crippen molar-refractivity contribution in [3.8, 4) is 11.5 Å². The van der Waals surface area contributed by atoms with E-state index in [1.54, 1.807) is 14.2 Å². The van der Waals surface area contributed by atoms with Gasteiger partial charge in [0.05, 0.1) is 14.2 Å². The first-order chi connectivity index (χ1) is 11.9. The van der Waals surface area contributed by atoms with Crippen LogP contribution in [0.4, 0.5) is 0 Å². The van der Waals surface area contributed by atoms with Gasteiger partial charge in [-0.25, -0.2) is 0 Å². The summed E-state index contributed by atoms with van der Waals surface area (Å²) in [6, 6.07) is 4.21. The molecular formula is C20H25NO4. The minimum absolute atomic E-state index is 0.00231. The number of hydrogen-bond donors (Lipinski definition) is 1. The fourth-order valence-corrected chi connectivity index (χ4v) is 5.51. The summed E-state index contributed by atoms with van der Waals surface area (Å²) in [6.45, 7) is 3.32. The van der Waals surface area contributed by atoms with Crippen LogP contribution in [0.5, 0.6) is 11.5 Å². The lowest BCUT2D eigenvalue weighted by Gasteiger charge is -2.57. The molecule has 0 saturated carbocycles. The van der Waals surface area contributed by atoms with E-state index in [0.717, 1.165) is 24.1 Å². The lowest BCUT2D eigenvalue weighted by Crippen LogP contribution is -2.65. The van der Waals surface area contributed by atoms with Gasteiger partial charge in [-0.15, -0.1) is 0 Å². The lowest BCUT2D eigenvalue weighted by atomic mass is 9.63. The molecule has 5 nitrogen and oxygen atoms in total. The van der Waals surface area contributed by atoms with Gasteiger partial charge in [-0.1, -0.05) is 13.0 Å². The van der Waals surface area contributed by atoms with Crippen molar-refractivity contribution in [3.63, 3.8) is 0 Å². The first-order valence-corrected chi connectivity index (χ1v) is 8.77. The number of nitrogens with zero attached hydrogens (tertiary/aromatic N) is 1. The number of hydrogen-bond acceptors (Lipinski definition) is 5. The first kappa shape index (κ1) is 16.5. The molecule has 1 aliphatic heterocycles. The SMILES string of the molecule is COC1=CC2C(CC1=O)c1c(ccc(OC)c1O)CC1(C)CN(C)[C@H]21. The van der Waals surface area contributed by atoms with Crippen LogP contribution in [0.15, 0.2) is 24.0 Å². The molecule has 1 aromatic carbocycles. The number of likely N-dealkylation sites (tertiary alicyclic amines) is 1. The Balaban J connectivity index is 1.93. The number of allylic oxidation sites excluding steroid dienone is 1. The van der Waals surface area contributed by atoms with Gasteiger partial charge in [0, 0.05) is 41.8 Å². The molecule has 3 unspecified atom stereocenters. The molecule has 0 radical (unpaired) electrons. The average Bonchev–Trinajstić information content (AvgIpc) is 2.64. The molecule has 1 saturated heterocycles. The predicted molar refractivity (Wildman–Crippen MR) is 93.8 cm³/mol. The van der Waals surface area contributed by atoms with E-state index in [0.29, 0.717) is 24.0 Å². The molecule has 0 spiro atoms. The number of phenols is 1. The van der Waals surface area contributed by atoms with E-state index >= 15 is 0 Å². The molecule has 5 heteroatoms. The van der Waals surface area contributed by atoms with Gasteiger partial charge in [0.15, 0.2) is 23.0 Å². The van der Waals surface area contributed by atoms with Crippen molar-refractivity contribution in [3.05, 3.63) is 35.1 Å². The summed E-state index contributed by atoms with van der Waals surface area (Å²) in [5.41, 5.74) is 2.14. The van der Waals surface area contributed by atoms with Gasteiger partial charge in [-0.2, -0.15) is 0 Å². The van der Waals surface area contributed by atoms with Crippen molar-refractivity contribution in [2.24, 2.45) is 11.3 Å². The molecule has 0 bridgehead atoms. The minimum atomic E-state index is -0.0499. The van der Waals surface area contributed by atoms with Crippen molar-refractivity contribution in [1.82, 2.24) is 4.90 Å². The maximum Gasteiger partial charge on any atom is 0.197 e. The molecule has 25 heavy (non-hydrogen) atoms. The van der Waals surface area contributed by atoms with Crippen LogP contribution in [0.3, 0.4) is 0 Å². The van der Waals surface area contributed by atoms with Crippen molar-refractivity contribution in [2.45, 2.75) is 31.7 Å². The molecule has 1 N–H and O–H groups in total. The summed E-state index contributed by atoms with van der Waals surface area (Å²) in [4.78, 5) is 14.9. The topological polar surface area (TPSA) is 59.0 Å². The number of phenolic OH excluding ortho intramolecular Hbond substituents is 1. The Kier molecular flexibility index (Phi) is 3.62. The Hall–Kier alpha value is -2.01. The summed E-state index contributed by atoms with van der Waals surface area (Å²) >= 11 is 0. The molecule has 0 amide bonds. The number of carbonyl (C=O) groups excluding carboxylic acids is 1. The van der Waals surface area contributed by atoms with Gasteiger partial charge in [0.2, 0.25) is 0 Å². The Labute approximate surface area is 148 Å². The second-order valence-corrected chi connectivity index (χ2v) is 7.93. The summed E-state index contributed by atoms with van der Waals surface area (Å²) < 4.78 is 10.7. The van der Waals surface area contributed by atoms with Crippen molar-refractivity contribution in [1.29, 1.82) is 0 Å². The van der Waals surface area contributed by atoms with Crippen LogP contribution in [0, 0.1) is 11.3 Å². The van der Waals surface area contributed by atoms with Crippen LogP contribution in [-0.2, 0) is 16.0 Å². The average molecular weight is 343 g/mol. The van der Waals surface area contributed by atoms with Crippen LogP contribution in [-0.4, -0.2) is 49.6 Å². The van der Waals surface area contributed by atoms with Gasteiger partial charge < -0.3 is 19.5 Å². The molecule has 1 heterocycles. The third-order valence-corrected chi connectivity index (χ3v) is 6.33. The Bertz CT molecular complexity index is 771. The van der Waals surface area contributed by atoms with E-state index in [1.165, 1.54) is 0 Å². The monoisotopic (exact) mass is 343 g/mol. The summed E-state index contributed by atoms with van der Waals surface area (Å²) in [5.74, 6) is 1.20. The van der Waals surface area contributed by atoms with Crippen molar-refractivity contribution in [2.75, 3.05) is 27.8 Å². The zero-order valence-electron chi connectivity index (χ0n) is 15.2. The number of rotatable bonds is 2. The number of carbonyl (C=O) groups is 1. The second-order valence-electron chi connectivity index (χ2n) is 7.93. The predicted octanol–water partition coefficient (Wildman–Crippen LogP) is 2.48. The van der Waals surface area contributed by atoms with Crippen molar-refractivity contribution < 1.29 is 19.4 Å². The zero-order valence-corrected chi connectivity index (χ0v) is 15.2. The Morgan fingerprint density at radius 1 is 1.28 bits per heavy atom. The number of methoxy groups -OCH3 is 2. The van der Waals surface area contributed by atoms with Crippen LogP contribution in [0.2, 0.25) is 0 Å². The zero-order chi connectivity index (χ0) is 17.9. The fourth-order valence-electron chi connectivity index (χ4n) is 5.51. The maximum absolute atomic E-state index is 12.5. The number of ether oxygens (including phenoxy) is 2. The van der Waals surface area contributed by atoms with E-state index in [1.807, 2.05) is 12.1 Å². The van der Waals surface area contributed by atoms with E-state index in [4.69, 9.17) is 9.47 Å². The Morgan fingerprint density at radius 2 is 2.04 bits per heavy atom. The molecule has 1 aromatic rings. The van der Waals surface area contributed by atoms with Gasteiger partial charge in [0.1, 0.15) is 0 Å². The smallest absolute Gasteiger partial charge is 0.197 e. The van der Waals surface area contributed by atoms with Gasteiger partial charge in [-0.3, -0.25) is 4.79 Å². The van der Waals surface area contributed by atoms with Gasteiger partial charge >= 0.3 is 0 Å². The summed E-state index contributed by atoms with van der Waals surface area (Å²) in [5, 5.41) is 10.8. The highest BCUT2D eigenvalue weighted by molar-refractivity contribution is 5.95. The number of ketones is 1. The Morgan fingerprint density at radius 3 is 2.68 bits per heavy atom. The third kappa shape index (κ3) is 2.21. The molecule has 134 valence electrons. The molecule has 4 atom stereocenters. The highest BCUT2D eigenvalue weighted by Gasteiger charge is 2.56. The lowest BCUT2D eigenvalue weighted by molar-refractivity contribution is -0.121. The number of Topliss-reactive ketones (excluding diaryl/α,β-unsaturated/α-hetero) is 1. The minimum Gasteiger partial charge on any atom is -0.504 e. The number of fused-ring (bicyclic) bond motifs is 5. The normalized spacial score (nSPS) is 34.0. The quantitative estimate of drug-likeness (QED) is 0.894. The van der Waals surface area contributed by atoms with Crippen LogP contribution in [0.25, 0.3) is 0 Å². The third-order valence-electron chi connectivity index (χ3n) is 6.33. The summed E-state index contributed by atoms with van der Waals surface area (Å²) in [6.07, 6.45) is 3.24. The van der Waals surface area contributed by atoms with Gasteiger partial charge in [-0.05, 0) is 31.2 Å². The fraction of sp³-hybridized carbons (Fsp3) is 0.550. The van der Waals surface area contributed by atoms with E-state index in [9.17, 15) is 9.90 Å². The van der Waals surface area contributed by atoms with Crippen LogP contribution in [0.1, 0.15) is 30.4 Å². The molecule has 2 aliphatic carbocycles. The maximum atomic E-state index is 12.5. The molecule has 0 aromatic heterocycles. The summed E-state index contributed by atoms with van der Waals surface area (Å²) in [7, 11) is 5.25. The highest BCUT2D eigenvalue weighted by atomic mass is 16.5. The van der Waals surface area contributed by atoms with E-state index in [-0.39, 0.29) is 28.8 Å². The number of benzene rings is 1. The van der Waals surface area contributed by atoms with Crippen molar-refractivity contribution >= 4 is 5.78 Å². The molecule has 3 aliphatic rings. The second kappa shape index (κ2) is 5.49. The molecular weight excluding hydrogens is 318 g/mol. The van der Waals surface area contributed by atoms with E-state index in [2.05, 4.69) is 24.9 Å². The standard InChI is InChI=1S/C20H25NO4/c1-20-9-11-5-6-15(24-3)18(23)17(11)12-7-14(22)16(25-4)8-13(12)19(20)21(2)10-20/h5-6,8,12-13,19,23H,7,9-10H2,1-4H3/t12?,13?,19-,20?/m1/s1. The van der Waals surface area contributed by atoms with E-state index < -0.39 is 0 Å². The molecule has 1 fully saturated rings. The first-order valence-electron chi connectivity index (χ1n) is 8.77. The van der Waals surface area contributed by atoms with Gasteiger partial charge in [0.25, 0.3) is 0 Å².